The molecule has 0 aliphatic rings. The minimum atomic E-state index is 0.367. The zero-order valence-electron chi connectivity index (χ0n) is 10.6. The van der Waals surface area contributed by atoms with Crippen LogP contribution in [-0.2, 0) is 0 Å². The molecule has 0 amide bonds. The lowest BCUT2D eigenvalue weighted by Crippen LogP contribution is -2.15. The van der Waals surface area contributed by atoms with Gasteiger partial charge in [-0.15, -0.1) is 5.10 Å². The fourth-order valence-electron chi connectivity index (χ4n) is 1.43. The third-order valence-corrected chi connectivity index (χ3v) is 2.60. The zero-order valence-corrected chi connectivity index (χ0v) is 10.6. The number of anilines is 3. The number of nitrogens with zero attached hydrogens (tertiary/aromatic N) is 3. The molecule has 0 aliphatic carbocycles. The van der Waals surface area contributed by atoms with Crippen LogP contribution in [0.1, 0.15) is 20.3 Å². The van der Waals surface area contributed by atoms with E-state index in [4.69, 9.17) is 0 Å². The van der Waals surface area contributed by atoms with E-state index in [2.05, 4.69) is 39.7 Å². The molecule has 5 heteroatoms. The van der Waals surface area contributed by atoms with Crippen LogP contribution in [0.2, 0.25) is 0 Å². The molecule has 2 aromatic rings. The van der Waals surface area contributed by atoms with E-state index in [1.165, 1.54) is 0 Å². The monoisotopic (exact) mass is 243 g/mol. The van der Waals surface area contributed by atoms with Gasteiger partial charge in [0.15, 0.2) is 5.82 Å². The number of nitrogens with one attached hydrogen (secondary N) is 2. The summed E-state index contributed by atoms with van der Waals surface area (Å²) in [5.41, 5.74) is 0.944. The fourth-order valence-corrected chi connectivity index (χ4v) is 1.43. The minimum Gasteiger partial charge on any atom is -0.366 e. The van der Waals surface area contributed by atoms with Gasteiger partial charge in [-0.2, -0.15) is 10.1 Å². The first-order valence-electron chi connectivity index (χ1n) is 6.06. The molecule has 1 aromatic carbocycles. The first-order chi connectivity index (χ1) is 8.78. The van der Waals surface area contributed by atoms with E-state index < -0.39 is 0 Å². The average molecular weight is 243 g/mol. The lowest BCUT2D eigenvalue weighted by Gasteiger charge is -2.12. The van der Waals surface area contributed by atoms with Crippen molar-refractivity contribution in [2.75, 3.05) is 10.6 Å². The van der Waals surface area contributed by atoms with Crippen molar-refractivity contribution in [1.82, 2.24) is 15.2 Å². The molecule has 0 radical (unpaired) electrons. The molecule has 94 valence electrons. The number of rotatable bonds is 5. The van der Waals surface area contributed by atoms with Crippen LogP contribution < -0.4 is 10.6 Å². The molecule has 2 N–H and O–H groups in total. The predicted molar refractivity (Wildman–Crippen MR) is 72.9 cm³/mol. The van der Waals surface area contributed by atoms with Gasteiger partial charge in [0, 0.05) is 11.7 Å². The molecule has 2 rings (SSSR count). The second-order valence-corrected chi connectivity index (χ2v) is 4.11. The molecule has 1 atom stereocenters. The van der Waals surface area contributed by atoms with Gasteiger partial charge in [-0.05, 0) is 25.5 Å². The quantitative estimate of drug-likeness (QED) is 0.845. The molecule has 0 aliphatic heterocycles. The Morgan fingerprint density at radius 2 is 2.00 bits per heavy atom. The first kappa shape index (κ1) is 12.3. The van der Waals surface area contributed by atoms with Gasteiger partial charge in [0.2, 0.25) is 5.95 Å². The Hall–Kier alpha value is -2.17. The summed E-state index contributed by atoms with van der Waals surface area (Å²) in [6.07, 6.45) is 2.66. The average Bonchev–Trinajstić information content (AvgIpc) is 2.40. The largest absolute Gasteiger partial charge is 0.366 e. The molecule has 1 unspecified atom stereocenters. The van der Waals surface area contributed by atoms with Gasteiger partial charge in [0.25, 0.3) is 0 Å². The second kappa shape index (κ2) is 5.95. The molecule has 18 heavy (non-hydrogen) atoms. The van der Waals surface area contributed by atoms with E-state index in [9.17, 15) is 0 Å². The van der Waals surface area contributed by atoms with Crippen molar-refractivity contribution >= 4 is 17.5 Å². The molecule has 1 heterocycles. The molecule has 0 spiro atoms. The topological polar surface area (TPSA) is 62.7 Å². The predicted octanol–water partition coefficient (Wildman–Crippen LogP) is 2.83. The van der Waals surface area contributed by atoms with E-state index >= 15 is 0 Å². The van der Waals surface area contributed by atoms with E-state index in [1.54, 1.807) is 6.20 Å². The summed E-state index contributed by atoms with van der Waals surface area (Å²) >= 11 is 0. The van der Waals surface area contributed by atoms with Crippen LogP contribution in [0.5, 0.6) is 0 Å². The summed E-state index contributed by atoms with van der Waals surface area (Å²) in [5, 5.41) is 14.3. The number of hydrogen-bond donors (Lipinski definition) is 2. The van der Waals surface area contributed by atoms with Crippen LogP contribution in [0.25, 0.3) is 0 Å². The molecule has 0 fully saturated rings. The van der Waals surface area contributed by atoms with Gasteiger partial charge in [-0.3, -0.25) is 0 Å². The van der Waals surface area contributed by atoms with Crippen molar-refractivity contribution in [3.05, 3.63) is 36.5 Å². The fraction of sp³-hybridized carbons (Fsp3) is 0.308. The highest BCUT2D eigenvalue weighted by atomic mass is 15.3. The Bertz CT molecular complexity index is 486. The standard InChI is InChI=1S/C13H17N5/c1-3-10(2)15-12-9-14-18-13(17-12)16-11-7-5-4-6-8-11/h4-10H,3H2,1-2H3,(H2,15,16,17,18). The number of aromatic nitrogens is 3. The Morgan fingerprint density at radius 3 is 2.72 bits per heavy atom. The van der Waals surface area contributed by atoms with Crippen molar-refractivity contribution < 1.29 is 0 Å². The van der Waals surface area contributed by atoms with E-state index in [1.807, 2.05) is 30.3 Å². The molecule has 1 aromatic heterocycles. The van der Waals surface area contributed by atoms with Gasteiger partial charge in [0.05, 0.1) is 6.20 Å². The summed E-state index contributed by atoms with van der Waals surface area (Å²) in [6.45, 7) is 4.22. The van der Waals surface area contributed by atoms with Crippen molar-refractivity contribution in [3.8, 4) is 0 Å². The van der Waals surface area contributed by atoms with E-state index in [-0.39, 0.29) is 0 Å². The number of para-hydroxylation sites is 1. The SMILES string of the molecule is CCC(C)Nc1cnnc(Nc2ccccc2)n1. The van der Waals surface area contributed by atoms with Crippen molar-refractivity contribution in [3.63, 3.8) is 0 Å². The van der Waals surface area contributed by atoms with Crippen LogP contribution in [-0.4, -0.2) is 21.2 Å². The van der Waals surface area contributed by atoms with Crippen LogP contribution >= 0.6 is 0 Å². The number of hydrogen-bond acceptors (Lipinski definition) is 5. The third kappa shape index (κ3) is 3.41. The zero-order chi connectivity index (χ0) is 12.8. The summed E-state index contributed by atoms with van der Waals surface area (Å²) in [7, 11) is 0. The van der Waals surface area contributed by atoms with E-state index in [0.717, 1.165) is 17.9 Å². The van der Waals surface area contributed by atoms with Crippen molar-refractivity contribution in [2.24, 2.45) is 0 Å². The van der Waals surface area contributed by atoms with Gasteiger partial charge < -0.3 is 10.6 Å². The molecule has 5 nitrogen and oxygen atoms in total. The smallest absolute Gasteiger partial charge is 0.249 e. The van der Waals surface area contributed by atoms with Crippen molar-refractivity contribution in [1.29, 1.82) is 0 Å². The molecule has 0 saturated heterocycles. The first-order valence-corrected chi connectivity index (χ1v) is 6.06. The Labute approximate surface area is 107 Å². The maximum Gasteiger partial charge on any atom is 0.249 e. The summed E-state index contributed by atoms with van der Waals surface area (Å²) < 4.78 is 0. The maximum absolute atomic E-state index is 4.36. The minimum absolute atomic E-state index is 0.367. The molecule has 0 bridgehead atoms. The highest BCUT2D eigenvalue weighted by molar-refractivity contribution is 5.53. The Kier molecular flexibility index (Phi) is 4.06. The summed E-state index contributed by atoms with van der Waals surface area (Å²) in [4.78, 5) is 4.36. The van der Waals surface area contributed by atoms with Crippen LogP contribution in [0.15, 0.2) is 36.5 Å². The van der Waals surface area contributed by atoms with Gasteiger partial charge in [-0.25, -0.2) is 0 Å². The lowest BCUT2D eigenvalue weighted by molar-refractivity contribution is 0.755. The highest BCUT2D eigenvalue weighted by Gasteiger charge is 2.03. The normalized spacial score (nSPS) is 11.9. The summed E-state index contributed by atoms with van der Waals surface area (Å²) in [5.74, 6) is 1.23. The van der Waals surface area contributed by atoms with Gasteiger partial charge in [-0.1, -0.05) is 25.1 Å². The second-order valence-electron chi connectivity index (χ2n) is 4.11. The highest BCUT2D eigenvalue weighted by Crippen LogP contribution is 2.13. The van der Waals surface area contributed by atoms with Crippen LogP contribution in [0.4, 0.5) is 17.5 Å². The molecular weight excluding hydrogens is 226 g/mol. The molecular formula is C13H17N5. The van der Waals surface area contributed by atoms with Gasteiger partial charge >= 0.3 is 0 Å². The van der Waals surface area contributed by atoms with Crippen molar-refractivity contribution in [2.45, 2.75) is 26.3 Å². The van der Waals surface area contributed by atoms with E-state index in [0.29, 0.717) is 12.0 Å². The van der Waals surface area contributed by atoms with Crippen LogP contribution in [0.3, 0.4) is 0 Å². The number of benzene rings is 1. The Morgan fingerprint density at radius 1 is 1.22 bits per heavy atom. The lowest BCUT2D eigenvalue weighted by atomic mass is 10.3. The maximum atomic E-state index is 4.36. The van der Waals surface area contributed by atoms with Gasteiger partial charge in [0.1, 0.15) is 0 Å². The Balaban J connectivity index is 2.08. The third-order valence-electron chi connectivity index (χ3n) is 2.60. The summed E-state index contributed by atoms with van der Waals surface area (Å²) in [6, 6.07) is 10.2. The van der Waals surface area contributed by atoms with Crippen LogP contribution in [0, 0.1) is 0 Å². The molecule has 0 saturated carbocycles.